The molecule has 0 saturated heterocycles. The number of thiazole rings is 1. The summed E-state index contributed by atoms with van der Waals surface area (Å²) in [6.45, 7) is 9.33. The number of carbonyl (C=O) groups excluding carboxylic acids is 1. The highest BCUT2D eigenvalue weighted by Gasteiger charge is 2.15. The molecule has 0 spiro atoms. The standard InChI is InChI=1S/C19H22N4OS/c1-5-6-23-13(3)8-16(14(23)4)17-11-25-19(21-17)22-18(24)15-7-12(2)9-20-10-15/h7-11H,5-6H2,1-4H3,(H,21,22,24). The monoisotopic (exact) mass is 354 g/mol. The van der Waals surface area contributed by atoms with E-state index in [-0.39, 0.29) is 5.91 Å². The van der Waals surface area contributed by atoms with Gasteiger partial charge >= 0.3 is 0 Å². The van der Waals surface area contributed by atoms with E-state index in [2.05, 4.69) is 46.7 Å². The SMILES string of the molecule is CCCn1c(C)cc(-c2csc(NC(=O)c3cncc(C)c3)n2)c1C. The first-order valence-electron chi connectivity index (χ1n) is 8.35. The Bertz CT molecular complexity index is 910. The average molecular weight is 354 g/mol. The van der Waals surface area contributed by atoms with E-state index in [9.17, 15) is 4.79 Å². The Morgan fingerprint density at radius 3 is 2.76 bits per heavy atom. The summed E-state index contributed by atoms with van der Waals surface area (Å²) in [6.07, 6.45) is 4.39. The molecule has 0 atom stereocenters. The average Bonchev–Trinajstić information content (AvgIpc) is 3.14. The minimum absolute atomic E-state index is 0.187. The Kier molecular flexibility index (Phi) is 4.99. The molecule has 0 bridgehead atoms. The van der Waals surface area contributed by atoms with Crippen molar-refractivity contribution < 1.29 is 4.79 Å². The quantitative estimate of drug-likeness (QED) is 0.729. The van der Waals surface area contributed by atoms with Gasteiger partial charge in [-0.2, -0.15) is 0 Å². The van der Waals surface area contributed by atoms with E-state index in [1.54, 1.807) is 12.4 Å². The van der Waals surface area contributed by atoms with Crippen LogP contribution in [0.15, 0.2) is 29.9 Å². The molecule has 3 aromatic rings. The summed E-state index contributed by atoms with van der Waals surface area (Å²) in [5.41, 5.74) is 5.97. The number of amides is 1. The zero-order valence-corrected chi connectivity index (χ0v) is 15.8. The molecule has 0 radical (unpaired) electrons. The van der Waals surface area contributed by atoms with Crippen molar-refractivity contribution in [1.82, 2.24) is 14.5 Å². The number of carbonyl (C=O) groups is 1. The molecule has 25 heavy (non-hydrogen) atoms. The van der Waals surface area contributed by atoms with Crippen LogP contribution in [0.3, 0.4) is 0 Å². The van der Waals surface area contributed by atoms with Crippen molar-refractivity contribution in [3.05, 3.63) is 52.4 Å². The van der Waals surface area contributed by atoms with Gasteiger partial charge in [0.05, 0.1) is 11.3 Å². The summed E-state index contributed by atoms with van der Waals surface area (Å²) < 4.78 is 2.31. The Balaban J connectivity index is 1.81. The molecule has 3 rings (SSSR count). The molecule has 130 valence electrons. The van der Waals surface area contributed by atoms with Crippen molar-refractivity contribution >= 4 is 22.4 Å². The number of pyridine rings is 1. The number of nitrogens with zero attached hydrogens (tertiary/aromatic N) is 3. The zero-order chi connectivity index (χ0) is 18.0. The first-order chi connectivity index (χ1) is 12.0. The second-order valence-corrected chi connectivity index (χ2v) is 7.04. The summed E-state index contributed by atoms with van der Waals surface area (Å²) in [4.78, 5) is 21.0. The van der Waals surface area contributed by atoms with E-state index in [4.69, 9.17) is 0 Å². The van der Waals surface area contributed by atoms with Crippen LogP contribution in [-0.2, 0) is 6.54 Å². The maximum absolute atomic E-state index is 12.3. The van der Waals surface area contributed by atoms with Crippen LogP contribution in [0.4, 0.5) is 5.13 Å². The lowest BCUT2D eigenvalue weighted by atomic mass is 10.2. The van der Waals surface area contributed by atoms with Crippen LogP contribution in [-0.4, -0.2) is 20.4 Å². The van der Waals surface area contributed by atoms with Crippen LogP contribution >= 0.6 is 11.3 Å². The smallest absolute Gasteiger partial charge is 0.259 e. The van der Waals surface area contributed by atoms with Crippen molar-refractivity contribution in [1.29, 1.82) is 0 Å². The first kappa shape index (κ1) is 17.4. The van der Waals surface area contributed by atoms with E-state index in [1.165, 1.54) is 22.7 Å². The predicted octanol–water partition coefficient (Wildman–Crippen LogP) is 4.59. The van der Waals surface area contributed by atoms with Crippen LogP contribution in [0, 0.1) is 20.8 Å². The molecular formula is C19H22N4OS. The van der Waals surface area contributed by atoms with E-state index in [1.807, 2.05) is 18.4 Å². The van der Waals surface area contributed by atoms with Crippen molar-refractivity contribution in [2.75, 3.05) is 5.32 Å². The molecular weight excluding hydrogens is 332 g/mol. The van der Waals surface area contributed by atoms with Gasteiger partial charge in [-0.15, -0.1) is 11.3 Å². The van der Waals surface area contributed by atoms with Gasteiger partial charge in [0, 0.05) is 41.3 Å². The second kappa shape index (κ2) is 7.19. The molecule has 0 saturated carbocycles. The molecule has 5 nitrogen and oxygen atoms in total. The molecule has 1 amide bonds. The number of rotatable bonds is 5. The molecule has 0 aromatic carbocycles. The van der Waals surface area contributed by atoms with Crippen molar-refractivity contribution in [2.45, 2.75) is 40.7 Å². The van der Waals surface area contributed by atoms with Gasteiger partial charge in [-0.05, 0) is 44.9 Å². The van der Waals surface area contributed by atoms with Crippen LogP contribution in [0.2, 0.25) is 0 Å². The molecule has 0 aliphatic carbocycles. The first-order valence-corrected chi connectivity index (χ1v) is 9.23. The Morgan fingerprint density at radius 1 is 1.24 bits per heavy atom. The third kappa shape index (κ3) is 3.64. The highest BCUT2D eigenvalue weighted by Crippen LogP contribution is 2.30. The summed E-state index contributed by atoms with van der Waals surface area (Å²) >= 11 is 1.44. The second-order valence-electron chi connectivity index (χ2n) is 6.18. The lowest BCUT2D eigenvalue weighted by molar-refractivity contribution is 0.102. The summed E-state index contributed by atoms with van der Waals surface area (Å²) in [5.74, 6) is -0.187. The minimum atomic E-state index is -0.187. The van der Waals surface area contributed by atoms with E-state index < -0.39 is 0 Å². The van der Waals surface area contributed by atoms with E-state index in [0.717, 1.165) is 29.8 Å². The Morgan fingerprint density at radius 2 is 2.04 bits per heavy atom. The number of nitrogens with one attached hydrogen (secondary N) is 1. The van der Waals surface area contributed by atoms with Crippen LogP contribution in [0.5, 0.6) is 0 Å². The topological polar surface area (TPSA) is 59.8 Å². The largest absolute Gasteiger partial charge is 0.348 e. The number of hydrogen-bond donors (Lipinski definition) is 1. The summed E-state index contributed by atoms with van der Waals surface area (Å²) in [6, 6.07) is 3.98. The van der Waals surface area contributed by atoms with Gasteiger partial charge in [0.25, 0.3) is 5.91 Å². The number of aryl methyl sites for hydroxylation is 2. The van der Waals surface area contributed by atoms with Gasteiger partial charge in [-0.3, -0.25) is 15.1 Å². The highest BCUT2D eigenvalue weighted by molar-refractivity contribution is 7.14. The summed E-state index contributed by atoms with van der Waals surface area (Å²) in [5, 5.41) is 5.45. The number of hydrogen-bond acceptors (Lipinski definition) is 4. The normalized spacial score (nSPS) is 10.9. The molecule has 3 aromatic heterocycles. The fraction of sp³-hybridized carbons (Fsp3) is 0.316. The fourth-order valence-electron chi connectivity index (χ4n) is 2.93. The zero-order valence-electron chi connectivity index (χ0n) is 15.0. The van der Waals surface area contributed by atoms with Crippen molar-refractivity contribution in [3.63, 3.8) is 0 Å². The molecule has 0 aliphatic rings. The van der Waals surface area contributed by atoms with Crippen molar-refractivity contribution in [2.24, 2.45) is 0 Å². The lowest BCUT2D eigenvalue weighted by Crippen LogP contribution is -2.12. The molecule has 0 unspecified atom stereocenters. The van der Waals surface area contributed by atoms with E-state index >= 15 is 0 Å². The van der Waals surface area contributed by atoms with Gasteiger partial charge in [-0.1, -0.05) is 6.92 Å². The Hall–Kier alpha value is -2.47. The number of anilines is 1. The third-order valence-electron chi connectivity index (χ3n) is 4.16. The molecule has 1 N–H and O–H groups in total. The highest BCUT2D eigenvalue weighted by atomic mass is 32.1. The minimum Gasteiger partial charge on any atom is -0.348 e. The van der Waals surface area contributed by atoms with Gasteiger partial charge in [0.15, 0.2) is 5.13 Å². The van der Waals surface area contributed by atoms with Crippen LogP contribution in [0.1, 0.15) is 40.7 Å². The fourth-order valence-corrected chi connectivity index (χ4v) is 3.64. The lowest BCUT2D eigenvalue weighted by Gasteiger charge is -2.07. The molecule has 0 aliphatic heterocycles. The Labute approximate surface area is 151 Å². The van der Waals surface area contributed by atoms with Gasteiger partial charge < -0.3 is 4.57 Å². The predicted molar refractivity (Wildman–Crippen MR) is 102 cm³/mol. The summed E-state index contributed by atoms with van der Waals surface area (Å²) in [7, 11) is 0. The molecule has 0 fully saturated rings. The third-order valence-corrected chi connectivity index (χ3v) is 4.92. The maximum atomic E-state index is 12.3. The number of aromatic nitrogens is 3. The van der Waals surface area contributed by atoms with Crippen molar-refractivity contribution in [3.8, 4) is 11.3 Å². The van der Waals surface area contributed by atoms with Gasteiger partial charge in [-0.25, -0.2) is 4.98 Å². The van der Waals surface area contributed by atoms with E-state index in [0.29, 0.717) is 10.7 Å². The van der Waals surface area contributed by atoms with Crippen LogP contribution in [0.25, 0.3) is 11.3 Å². The van der Waals surface area contributed by atoms with Crippen LogP contribution < -0.4 is 5.32 Å². The maximum Gasteiger partial charge on any atom is 0.259 e. The molecule has 3 heterocycles. The van der Waals surface area contributed by atoms with Gasteiger partial charge in [0.1, 0.15) is 0 Å². The molecule has 6 heteroatoms. The van der Waals surface area contributed by atoms with Gasteiger partial charge in [0.2, 0.25) is 0 Å².